The van der Waals surface area contributed by atoms with Crippen LogP contribution in [0.3, 0.4) is 0 Å². The molecular formula is C22H31N5O3S. The molecule has 9 heteroatoms. The number of pyridine rings is 1. The highest BCUT2D eigenvalue weighted by Gasteiger charge is 2.18. The zero-order valence-corrected chi connectivity index (χ0v) is 19.0. The average molecular weight is 446 g/mol. The van der Waals surface area contributed by atoms with Gasteiger partial charge in [0.2, 0.25) is 15.9 Å². The zero-order chi connectivity index (χ0) is 22.3. The molecule has 2 N–H and O–H groups in total. The summed E-state index contributed by atoms with van der Waals surface area (Å²) in [7, 11) is -3.83. The monoisotopic (exact) mass is 445 g/mol. The van der Waals surface area contributed by atoms with Crippen molar-refractivity contribution >= 4 is 38.8 Å². The smallest absolute Gasteiger partial charge is 0.241 e. The van der Waals surface area contributed by atoms with Crippen molar-refractivity contribution in [1.82, 2.24) is 4.98 Å². The van der Waals surface area contributed by atoms with Gasteiger partial charge in [-0.25, -0.2) is 13.4 Å². The van der Waals surface area contributed by atoms with Gasteiger partial charge in [-0.1, -0.05) is 0 Å². The van der Waals surface area contributed by atoms with Crippen LogP contribution < -0.4 is 19.8 Å². The molecule has 0 unspecified atom stereocenters. The molecule has 1 aliphatic heterocycles. The van der Waals surface area contributed by atoms with E-state index in [4.69, 9.17) is 0 Å². The van der Waals surface area contributed by atoms with Crippen LogP contribution in [0.15, 0.2) is 42.6 Å². The number of sulfonamides is 1. The predicted molar refractivity (Wildman–Crippen MR) is 126 cm³/mol. The largest absolute Gasteiger partial charge is 0.372 e. The standard InChI is InChI=1S/C22H31N5O3S/c1-3-26(4-2)21-13-10-19(16-23-21)24-22(28)17-31(29,30)25-18-8-11-20(12-9-18)27-14-6-5-7-15-27/h8-13,16,25H,3-7,14-15,17H2,1-2H3,(H,24,28). The summed E-state index contributed by atoms with van der Waals surface area (Å²) in [6.45, 7) is 7.79. The van der Waals surface area contributed by atoms with E-state index in [1.54, 1.807) is 24.3 Å². The van der Waals surface area contributed by atoms with E-state index < -0.39 is 21.7 Å². The van der Waals surface area contributed by atoms with Crippen molar-refractivity contribution < 1.29 is 13.2 Å². The molecule has 168 valence electrons. The van der Waals surface area contributed by atoms with E-state index in [-0.39, 0.29) is 0 Å². The van der Waals surface area contributed by atoms with Gasteiger partial charge in [-0.15, -0.1) is 0 Å². The Hall–Kier alpha value is -2.81. The van der Waals surface area contributed by atoms with Gasteiger partial charge < -0.3 is 15.1 Å². The van der Waals surface area contributed by atoms with Crippen molar-refractivity contribution in [3.05, 3.63) is 42.6 Å². The van der Waals surface area contributed by atoms with Gasteiger partial charge in [0.05, 0.1) is 11.9 Å². The maximum Gasteiger partial charge on any atom is 0.241 e. The second kappa shape index (κ2) is 10.5. The molecule has 0 aliphatic carbocycles. The van der Waals surface area contributed by atoms with E-state index in [0.717, 1.165) is 37.7 Å². The quantitative estimate of drug-likeness (QED) is 0.615. The fourth-order valence-corrected chi connectivity index (χ4v) is 4.66. The average Bonchev–Trinajstić information content (AvgIpc) is 2.76. The van der Waals surface area contributed by atoms with Crippen LogP contribution in [0.5, 0.6) is 0 Å². The molecule has 1 saturated heterocycles. The highest BCUT2D eigenvalue weighted by molar-refractivity contribution is 7.93. The van der Waals surface area contributed by atoms with Crippen LogP contribution in [0.4, 0.5) is 22.9 Å². The maximum absolute atomic E-state index is 12.4. The Labute approximate surface area is 184 Å². The van der Waals surface area contributed by atoms with E-state index in [9.17, 15) is 13.2 Å². The van der Waals surface area contributed by atoms with Crippen LogP contribution in [0, 0.1) is 0 Å². The summed E-state index contributed by atoms with van der Waals surface area (Å²) in [4.78, 5) is 20.9. The number of rotatable bonds is 9. The lowest BCUT2D eigenvalue weighted by atomic mass is 10.1. The predicted octanol–water partition coefficient (Wildman–Crippen LogP) is 3.30. The Balaban J connectivity index is 1.54. The Morgan fingerprint density at radius 1 is 1.00 bits per heavy atom. The number of hydrogen-bond donors (Lipinski definition) is 2. The summed E-state index contributed by atoms with van der Waals surface area (Å²) in [6.07, 6.45) is 5.14. The minimum absolute atomic E-state index is 0.443. The lowest BCUT2D eigenvalue weighted by Gasteiger charge is -2.28. The topological polar surface area (TPSA) is 94.6 Å². The maximum atomic E-state index is 12.4. The third kappa shape index (κ3) is 6.58. The van der Waals surface area contributed by atoms with Crippen LogP contribution in [-0.2, 0) is 14.8 Å². The molecule has 1 aromatic heterocycles. The molecule has 0 bridgehead atoms. The van der Waals surface area contributed by atoms with E-state index in [1.807, 2.05) is 26.0 Å². The number of nitrogens with one attached hydrogen (secondary N) is 2. The van der Waals surface area contributed by atoms with E-state index in [2.05, 4.69) is 24.8 Å². The first-order chi connectivity index (χ1) is 14.9. The van der Waals surface area contributed by atoms with E-state index in [1.165, 1.54) is 25.5 Å². The SMILES string of the molecule is CCN(CC)c1ccc(NC(=O)CS(=O)(=O)Nc2ccc(N3CCCCC3)cc2)cn1. The molecule has 0 radical (unpaired) electrons. The second-order valence-corrected chi connectivity index (χ2v) is 9.30. The van der Waals surface area contributed by atoms with Crippen molar-refractivity contribution in [1.29, 1.82) is 0 Å². The van der Waals surface area contributed by atoms with Crippen molar-refractivity contribution in [2.24, 2.45) is 0 Å². The second-order valence-electron chi connectivity index (χ2n) is 7.58. The van der Waals surface area contributed by atoms with Gasteiger partial charge in [-0.3, -0.25) is 9.52 Å². The van der Waals surface area contributed by atoms with Crippen molar-refractivity contribution in [3.8, 4) is 0 Å². The Bertz CT molecular complexity index is 952. The summed E-state index contributed by atoms with van der Waals surface area (Å²) in [5, 5.41) is 2.59. The van der Waals surface area contributed by atoms with Gasteiger partial charge >= 0.3 is 0 Å². The van der Waals surface area contributed by atoms with E-state index in [0.29, 0.717) is 11.4 Å². The van der Waals surface area contributed by atoms with Crippen molar-refractivity contribution in [2.75, 3.05) is 51.8 Å². The zero-order valence-electron chi connectivity index (χ0n) is 18.2. The number of benzene rings is 1. The van der Waals surface area contributed by atoms with Gasteiger partial charge in [0, 0.05) is 37.6 Å². The summed E-state index contributed by atoms with van der Waals surface area (Å²) in [5.74, 6) is -0.473. The first-order valence-electron chi connectivity index (χ1n) is 10.8. The normalized spacial score (nSPS) is 14.2. The van der Waals surface area contributed by atoms with Gasteiger partial charge in [-0.05, 0) is 69.5 Å². The summed E-state index contributed by atoms with van der Waals surface area (Å²) >= 11 is 0. The van der Waals surface area contributed by atoms with E-state index >= 15 is 0 Å². The van der Waals surface area contributed by atoms with Crippen LogP contribution in [0.1, 0.15) is 33.1 Å². The van der Waals surface area contributed by atoms with Crippen LogP contribution in [0.25, 0.3) is 0 Å². The van der Waals surface area contributed by atoms with Crippen LogP contribution in [-0.4, -0.2) is 51.2 Å². The lowest BCUT2D eigenvalue weighted by molar-refractivity contribution is -0.113. The molecule has 1 fully saturated rings. The number of carbonyl (C=O) groups excluding carboxylic acids is 1. The summed E-state index contributed by atoms with van der Waals surface area (Å²) in [6, 6.07) is 10.8. The van der Waals surface area contributed by atoms with Crippen LogP contribution >= 0.6 is 0 Å². The fraction of sp³-hybridized carbons (Fsp3) is 0.455. The molecular weight excluding hydrogens is 414 g/mol. The molecule has 3 rings (SSSR count). The molecule has 31 heavy (non-hydrogen) atoms. The van der Waals surface area contributed by atoms with Gasteiger partial charge in [-0.2, -0.15) is 0 Å². The number of aromatic nitrogens is 1. The number of hydrogen-bond acceptors (Lipinski definition) is 6. The molecule has 2 aromatic rings. The molecule has 1 aromatic carbocycles. The van der Waals surface area contributed by atoms with Crippen molar-refractivity contribution in [3.63, 3.8) is 0 Å². The molecule has 0 spiro atoms. The number of piperidine rings is 1. The first-order valence-corrected chi connectivity index (χ1v) is 12.4. The third-order valence-electron chi connectivity index (χ3n) is 5.30. The Kier molecular flexibility index (Phi) is 7.73. The number of nitrogens with zero attached hydrogens (tertiary/aromatic N) is 3. The molecule has 0 saturated carbocycles. The third-order valence-corrected chi connectivity index (χ3v) is 6.49. The minimum Gasteiger partial charge on any atom is -0.372 e. The number of anilines is 4. The molecule has 0 atom stereocenters. The van der Waals surface area contributed by atoms with Crippen molar-refractivity contribution in [2.45, 2.75) is 33.1 Å². The highest BCUT2D eigenvalue weighted by atomic mass is 32.2. The lowest BCUT2D eigenvalue weighted by Crippen LogP contribution is -2.29. The van der Waals surface area contributed by atoms with Gasteiger partial charge in [0.25, 0.3) is 0 Å². The van der Waals surface area contributed by atoms with Gasteiger partial charge in [0.15, 0.2) is 0 Å². The van der Waals surface area contributed by atoms with Gasteiger partial charge in [0.1, 0.15) is 11.6 Å². The van der Waals surface area contributed by atoms with Crippen LogP contribution in [0.2, 0.25) is 0 Å². The summed E-state index contributed by atoms with van der Waals surface area (Å²) < 4.78 is 27.3. The fourth-order valence-electron chi connectivity index (χ4n) is 3.67. The molecule has 8 nitrogen and oxygen atoms in total. The number of amides is 1. The number of carbonyl (C=O) groups is 1. The molecule has 1 aliphatic rings. The first kappa shape index (κ1) is 22.9. The minimum atomic E-state index is -3.83. The Morgan fingerprint density at radius 3 is 2.23 bits per heavy atom. The molecule has 1 amide bonds. The molecule has 2 heterocycles. The summed E-state index contributed by atoms with van der Waals surface area (Å²) in [5.41, 5.74) is 1.99. The Morgan fingerprint density at radius 2 is 1.65 bits per heavy atom. The highest BCUT2D eigenvalue weighted by Crippen LogP contribution is 2.22.